The molecule has 2 aromatic rings. The Kier molecular flexibility index (Phi) is 3.51. The first-order chi connectivity index (χ1) is 9.24. The number of halogens is 2. The number of hydrogen-bond donors (Lipinski definition) is 1. The van der Waals surface area contributed by atoms with Gasteiger partial charge in [0.25, 0.3) is 0 Å². The molecule has 1 N–H and O–H groups in total. The van der Waals surface area contributed by atoms with Gasteiger partial charge in [-0.3, -0.25) is 4.98 Å². The van der Waals surface area contributed by atoms with E-state index in [0.717, 1.165) is 34.3 Å². The summed E-state index contributed by atoms with van der Waals surface area (Å²) < 4.78 is 15.4. The molecule has 0 aliphatic carbocycles. The summed E-state index contributed by atoms with van der Waals surface area (Å²) >= 11 is 3.36. The Labute approximate surface area is 120 Å². The van der Waals surface area contributed by atoms with Crippen LogP contribution in [0.2, 0.25) is 0 Å². The van der Waals surface area contributed by atoms with Crippen molar-refractivity contribution in [2.45, 2.75) is 19.0 Å². The Hall–Kier alpha value is -1.42. The largest absolute Gasteiger partial charge is 0.384 e. The maximum absolute atomic E-state index is 14.5. The highest BCUT2D eigenvalue weighted by Crippen LogP contribution is 2.34. The number of pyridine rings is 1. The van der Waals surface area contributed by atoms with E-state index in [0.29, 0.717) is 6.42 Å². The molecule has 0 spiro atoms. The maximum Gasteiger partial charge on any atom is 0.131 e. The molecule has 4 heteroatoms. The van der Waals surface area contributed by atoms with Gasteiger partial charge in [0.05, 0.1) is 0 Å². The lowest BCUT2D eigenvalue weighted by atomic mass is 9.99. The fourth-order valence-corrected chi connectivity index (χ4v) is 2.92. The molecule has 0 saturated carbocycles. The molecule has 0 radical (unpaired) electrons. The monoisotopic (exact) mass is 320 g/mol. The van der Waals surface area contributed by atoms with Crippen LogP contribution in [0.25, 0.3) is 0 Å². The van der Waals surface area contributed by atoms with Gasteiger partial charge < -0.3 is 5.32 Å². The predicted molar refractivity (Wildman–Crippen MR) is 78.1 cm³/mol. The molecule has 0 amide bonds. The van der Waals surface area contributed by atoms with Gasteiger partial charge in [-0.1, -0.05) is 18.2 Å². The average Bonchev–Trinajstić information content (AvgIpc) is 2.86. The second-order valence-electron chi connectivity index (χ2n) is 4.74. The number of hydrogen-bond acceptors (Lipinski definition) is 2. The second kappa shape index (κ2) is 5.29. The summed E-state index contributed by atoms with van der Waals surface area (Å²) in [5, 5.41) is 3.28. The van der Waals surface area contributed by atoms with E-state index in [1.165, 1.54) is 5.56 Å². The maximum atomic E-state index is 14.5. The van der Waals surface area contributed by atoms with Gasteiger partial charge in [0.15, 0.2) is 0 Å². The van der Waals surface area contributed by atoms with E-state index in [4.69, 9.17) is 0 Å². The number of anilines is 1. The zero-order valence-corrected chi connectivity index (χ0v) is 12.0. The van der Waals surface area contributed by atoms with Crippen LogP contribution >= 0.6 is 15.9 Å². The third-order valence-electron chi connectivity index (χ3n) is 3.39. The second-order valence-corrected chi connectivity index (χ2v) is 5.66. The highest BCUT2D eigenvalue weighted by molar-refractivity contribution is 9.10. The highest BCUT2D eigenvalue weighted by Gasteiger charge is 2.20. The molecule has 1 unspecified atom stereocenters. The van der Waals surface area contributed by atoms with Crippen LogP contribution in [0.4, 0.5) is 10.1 Å². The van der Waals surface area contributed by atoms with Crippen LogP contribution in [-0.2, 0) is 12.8 Å². The van der Waals surface area contributed by atoms with Crippen LogP contribution in [-0.4, -0.2) is 11.5 Å². The standard InChI is InChI=1S/C15H14BrFN2/c16-12-6-10(8-18-9-12)7-14(17)13-3-1-2-11-4-5-19-15(11)13/h1-3,6,8-9,14,19H,4-5,7H2. The van der Waals surface area contributed by atoms with Crippen molar-refractivity contribution in [3.8, 4) is 0 Å². The first kappa shape index (κ1) is 12.6. The van der Waals surface area contributed by atoms with Crippen molar-refractivity contribution in [2.24, 2.45) is 0 Å². The summed E-state index contributed by atoms with van der Waals surface area (Å²) in [4.78, 5) is 4.07. The van der Waals surface area contributed by atoms with Crippen molar-refractivity contribution in [3.05, 3.63) is 57.8 Å². The van der Waals surface area contributed by atoms with Crippen LogP contribution in [0.3, 0.4) is 0 Å². The Morgan fingerprint density at radius 2 is 2.26 bits per heavy atom. The molecule has 1 aromatic carbocycles. The molecule has 0 bridgehead atoms. The van der Waals surface area contributed by atoms with Crippen molar-refractivity contribution >= 4 is 21.6 Å². The Balaban J connectivity index is 1.85. The van der Waals surface area contributed by atoms with E-state index in [9.17, 15) is 4.39 Å². The normalized spacial score (nSPS) is 14.8. The minimum absolute atomic E-state index is 0.352. The van der Waals surface area contributed by atoms with Crippen molar-refractivity contribution < 1.29 is 4.39 Å². The number of alkyl halides is 1. The first-order valence-electron chi connectivity index (χ1n) is 6.33. The van der Waals surface area contributed by atoms with Crippen LogP contribution in [0.1, 0.15) is 22.9 Å². The molecule has 0 saturated heterocycles. The van der Waals surface area contributed by atoms with Gasteiger partial charge in [-0.2, -0.15) is 0 Å². The summed E-state index contributed by atoms with van der Waals surface area (Å²) in [6, 6.07) is 7.78. The van der Waals surface area contributed by atoms with E-state index in [2.05, 4.69) is 32.3 Å². The van der Waals surface area contributed by atoms with Gasteiger partial charge in [-0.25, -0.2) is 4.39 Å². The fraction of sp³-hybridized carbons (Fsp3) is 0.267. The van der Waals surface area contributed by atoms with Gasteiger partial charge in [0.2, 0.25) is 0 Å². The molecule has 1 aliphatic rings. The lowest BCUT2D eigenvalue weighted by molar-refractivity contribution is 0.343. The third-order valence-corrected chi connectivity index (χ3v) is 3.83. The number of aromatic nitrogens is 1. The Morgan fingerprint density at radius 1 is 1.37 bits per heavy atom. The van der Waals surface area contributed by atoms with E-state index >= 15 is 0 Å². The number of nitrogens with one attached hydrogen (secondary N) is 1. The summed E-state index contributed by atoms with van der Waals surface area (Å²) in [6.07, 6.45) is 3.75. The number of nitrogens with zero attached hydrogens (tertiary/aromatic N) is 1. The predicted octanol–water partition coefficient (Wildman–Crippen LogP) is 4.07. The van der Waals surface area contributed by atoms with Gasteiger partial charge in [0.1, 0.15) is 6.17 Å². The number of fused-ring (bicyclic) bond motifs is 1. The zero-order valence-electron chi connectivity index (χ0n) is 10.4. The number of rotatable bonds is 3. The van der Waals surface area contributed by atoms with Gasteiger partial charge in [-0.05, 0) is 39.5 Å². The summed E-state index contributed by atoms with van der Waals surface area (Å²) in [5.74, 6) is 0. The van der Waals surface area contributed by atoms with Crippen LogP contribution in [0.5, 0.6) is 0 Å². The molecule has 2 heterocycles. The minimum atomic E-state index is -1.00. The van der Waals surface area contributed by atoms with Gasteiger partial charge in [-0.15, -0.1) is 0 Å². The van der Waals surface area contributed by atoms with E-state index < -0.39 is 6.17 Å². The molecule has 98 valence electrons. The Morgan fingerprint density at radius 3 is 3.11 bits per heavy atom. The molecular formula is C15H14BrFN2. The average molecular weight is 321 g/mol. The molecule has 3 rings (SSSR count). The van der Waals surface area contributed by atoms with E-state index in [1.807, 2.05) is 18.2 Å². The van der Waals surface area contributed by atoms with Crippen molar-refractivity contribution in [2.75, 3.05) is 11.9 Å². The van der Waals surface area contributed by atoms with E-state index in [-0.39, 0.29) is 0 Å². The molecule has 1 aromatic heterocycles. The molecular weight excluding hydrogens is 307 g/mol. The summed E-state index contributed by atoms with van der Waals surface area (Å²) in [5.41, 5.74) is 3.86. The zero-order chi connectivity index (χ0) is 13.2. The molecule has 0 fully saturated rings. The lowest BCUT2D eigenvalue weighted by Crippen LogP contribution is -2.02. The van der Waals surface area contributed by atoms with Crippen molar-refractivity contribution in [1.29, 1.82) is 0 Å². The molecule has 19 heavy (non-hydrogen) atoms. The lowest BCUT2D eigenvalue weighted by Gasteiger charge is -2.13. The fourth-order valence-electron chi connectivity index (χ4n) is 2.51. The van der Waals surface area contributed by atoms with E-state index in [1.54, 1.807) is 12.4 Å². The van der Waals surface area contributed by atoms with Crippen molar-refractivity contribution in [3.63, 3.8) is 0 Å². The summed E-state index contributed by atoms with van der Waals surface area (Å²) in [6.45, 7) is 0.900. The topological polar surface area (TPSA) is 24.9 Å². The smallest absolute Gasteiger partial charge is 0.131 e. The van der Waals surface area contributed by atoms with Crippen molar-refractivity contribution in [1.82, 2.24) is 4.98 Å². The van der Waals surface area contributed by atoms with Gasteiger partial charge in [0, 0.05) is 41.1 Å². The molecule has 2 nitrogen and oxygen atoms in total. The quantitative estimate of drug-likeness (QED) is 0.922. The summed E-state index contributed by atoms with van der Waals surface area (Å²) in [7, 11) is 0. The van der Waals surface area contributed by atoms with Crippen LogP contribution in [0.15, 0.2) is 41.1 Å². The number of benzene rings is 1. The van der Waals surface area contributed by atoms with Crippen LogP contribution in [0, 0.1) is 0 Å². The third kappa shape index (κ3) is 2.63. The number of para-hydroxylation sites is 1. The Bertz CT molecular complexity index is 600. The van der Waals surface area contributed by atoms with Gasteiger partial charge >= 0.3 is 0 Å². The highest BCUT2D eigenvalue weighted by atomic mass is 79.9. The molecule has 1 atom stereocenters. The SMILES string of the molecule is FC(Cc1cncc(Br)c1)c1cccc2c1NCC2. The minimum Gasteiger partial charge on any atom is -0.384 e. The molecule has 1 aliphatic heterocycles. The first-order valence-corrected chi connectivity index (χ1v) is 7.12. The van der Waals surface area contributed by atoms with Crippen LogP contribution < -0.4 is 5.32 Å².